The van der Waals surface area contributed by atoms with Gasteiger partial charge in [-0.05, 0) is 54.8 Å². The molecule has 0 aliphatic rings. The molecule has 4 heteroatoms. The minimum atomic E-state index is -0.552. The van der Waals surface area contributed by atoms with Gasteiger partial charge in [0.05, 0.1) is 12.7 Å². The van der Waals surface area contributed by atoms with Gasteiger partial charge in [-0.15, -0.1) is 0 Å². The van der Waals surface area contributed by atoms with Crippen LogP contribution in [0.5, 0.6) is 5.75 Å². The summed E-state index contributed by atoms with van der Waals surface area (Å²) in [7, 11) is 0. The van der Waals surface area contributed by atoms with Crippen LogP contribution in [0, 0.1) is 12.7 Å². The average Bonchev–Trinajstić information content (AvgIpc) is 2.37. The second kappa shape index (κ2) is 7.57. The Morgan fingerprint density at radius 1 is 1.24 bits per heavy atom. The highest BCUT2D eigenvalue weighted by Gasteiger charge is 2.08. The van der Waals surface area contributed by atoms with Crippen LogP contribution < -0.4 is 4.74 Å². The molecule has 0 radical (unpaired) electrons. The van der Waals surface area contributed by atoms with Crippen molar-refractivity contribution in [1.82, 2.24) is 0 Å². The largest absolute Gasteiger partial charge is 0.493 e. The van der Waals surface area contributed by atoms with Gasteiger partial charge in [-0.1, -0.05) is 28.1 Å². The van der Waals surface area contributed by atoms with Crippen molar-refractivity contribution in [3.63, 3.8) is 0 Å². The quantitative estimate of drug-likeness (QED) is 0.841. The van der Waals surface area contributed by atoms with Crippen LogP contribution in [0.1, 0.15) is 17.5 Å². The van der Waals surface area contributed by atoms with E-state index in [9.17, 15) is 9.50 Å². The molecule has 2 aromatic rings. The van der Waals surface area contributed by atoms with Gasteiger partial charge in [0, 0.05) is 10.9 Å². The highest BCUT2D eigenvalue weighted by Crippen LogP contribution is 2.17. The van der Waals surface area contributed by atoms with E-state index in [0.29, 0.717) is 23.9 Å². The molecular formula is C17H18BrFO2. The SMILES string of the molecule is Cc1cccc(OCCC(O)Cc2cc(F)cc(Br)c2)c1. The standard InChI is InChI=1S/C17H18BrFO2/c1-12-3-2-4-17(7-12)21-6-5-16(20)10-13-8-14(18)11-15(19)9-13/h2-4,7-9,11,16,20H,5-6,10H2,1H3. The molecule has 0 aromatic heterocycles. The lowest BCUT2D eigenvalue weighted by atomic mass is 10.1. The van der Waals surface area contributed by atoms with E-state index >= 15 is 0 Å². The fourth-order valence-corrected chi connectivity index (χ4v) is 2.63. The Morgan fingerprint density at radius 2 is 2.05 bits per heavy atom. The highest BCUT2D eigenvalue weighted by molar-refractivity contribution is 9.10. The zero-order chi connectivity index (χ0) is 15.2. The topological polar surface area (TPSA) is 29.5 Å². The first-order chi connectivity index (χ1) is 10.0. The summed E-state index contributed by atoms with van der Waals surface area (Å²) in [6.07, 6.45) is 0.360. The van der Waals surface area contributed by atoms with E-state index < -0.39 is 6.10 Å². The van der Waals surface area contributed by atoms with Crippen LogP contribution in [0.25, 0.3) is 0 Å². The Kier molecular flexibility index (Phi) is 5.76. The van der Waals surface area contributed by atoms with Gasteiger partial charge in [0.25, 0.3) is 0 Å². The summed E-state index contributed by atoms with van der Waals surface area (Å²) in [5.41, 5.74) is 1.91. The van der Waals surface area contributed by atoms with Gasteiger partial charge in [0.2, 0.25) is 0 Å². The van der Waals surface area contributed by atoms with Crippen molar-refractivity contribution >= 4 is 15.9 Å². The number of aryl methyl sites for hydroxylation is 1. The van der Waals surface area contributed by atoms with Crippen LogP contribution in [0.2, 0.25) is 0 Å². The molecule has 112 valence electrons. The molecule has 21 heavy (non-hydrogen) atoms. The molecular weight excluding hydrogens is 335 g/mol. The van der Waals surface area contributed by atoms with E-state index in [0.717, 1.165) is 16.9 Å². The van der Waals surface area contributed by atoms with Crippen molar-refractivity contribution in [2.45, 2.75) is 25.9 Å². The smallest absolute Gasteiger partial charge is 0.124 e. The van der Waals surface area contributed by atoms with E-state index in [1.165, 1.54) is 12.1 Å². The van der Waals surface area contributed by atoms with Gasteiger partial charge in [0.15, 0.2) is 0 Å². The normalized spacial score (nSPS) is 12.2. The van der Waals surface area contributed by atoms with Gasteiger partial charge in [-0.2, -0.15) is 0 Å². The number of aliphatic hydroxyl groups is 1. The fourth-order valence-electron chi connectivity index (χ4n) is 2.12. The summed E-state index contributed by atoms with van der Waals surface area (Å²) < 4.78 is 19.5. The molecule has 0 bridgehead atoms. The van der Waals surface area contributed by atoms with Crippen molar-refractivity contribution in [2.24, 2.45) is 0 Å². The van der Waals surface area contributed by atoms with Crippen molar-refractivity contribution < 1.29 is 14.2 Å². The molecule has 0 fully saturated rings. The summed E-state index contributed by atoms with van der Waals surface area (Å²) in [6, 6.07) is 12.4. The summed E-state index contributed by atoms with van der Waals surface area (Å²) in [5, 5.41) is 10.00. The molecule has 0 aliphatic heterocycles. The Labute approximate surface area is 132 Å². The summed E-state index contributed by atoms with van der Waals surface area (Å²) >= 11 is 3.25. The molecule has 0 saturated carbocycles. The van der Waals surface area contributed by atoms with Crippen molar-refractivity contribution in [3.8, 4) is 5.75 Å². The van der Waals surface area contributed by atoms with Crippen molar-refractivity contribution in [3.05, 3.63) is 63.9 Å². The predicted molar refractivity (Wildman–Crippen MR) is 85.1 cm³/mol. The number of ether oxygens (including phenoxy) is 1. The Balaban J connectivity index is 1.80. The molecule has 1 unspecified atom stereocenters. The minimum absolute atomic E-state index is 0.303. The summed E-state index contributed by atoms with van der Waals surface area (Å²) in [6.45, 7) is 2.44. The van der Waals surface area contributed by atoms with Crippen LogP contribution in [0.3, 0.4) is 0 Å². The highest BCUT2D eigenvalue weighted by atomic mass is 79.9. The minimum Gasteiger partial charge on any atom is -0.493 e. The number of rotatable bonds is 6. The second-order valence-corrected chi connectivity index (χ2v) is 6.00. The van der Waals surface area contributed by atoms with Crippen LogP contribution in [-0.4, -0.2) is 17.8 Å². The van der Waals surface area contributed by atoms with E-state index in [-0.39, 0.29) is 5.82 Å². The van der Waals surface area contributed by atoms with Crippen LogP contribution in [0.15, 0.2) is 46.9 Å². The van der Waals surface area contributed by atoms with Gasteiger partial charge in [0.1, 0.15) is 11.6 Å². The molecule has 2 nitrogen and oxygen atoms in total. The van der Waals surface area contributed by atoms with E-state index in [2.05, 4.69) is 15.9 Å². The average molecular weight is 353 g/mol. The van der Waals surface area contributed by atoms with Crippen LogP contribution in [0.4, 0.5) is 4.39 Å². The monoisotopic (exact) mass is 352 g/mol. The maximum atomic E-state index is 13.3. The first-order valence-electron chi connectivity index (χ1n) is 6.85. The summed E-state index contributed by atoms with van der Waals surface area (Å²) in [5.74, 6) is 0.498. The number of aliphatic hydroxyl groups excluding tert-OH is 1. The third kappa shape index (κ3) is 5.48. The molecule has 1 atom stereocenters. The van der Waals surface area contributed by atoms with Gasteiger partial charge < -0.3 is 9.84 Å². The fraction of sp³-hybridized carbons (Fsp3) is 0.294. The Bertz CT molecular complexity index is 581. The maximum absolute atomic E-state index is 13.3. The lowest BCUT2D eigenvalue weighted by molar-refractivity contribution is 0.139. The molecule has 0 heterocycles. The lowest BCUT2D eigenvalue weighted by Crippen LogP contribution is -2.15. The zero-order valence-electron chi connectivity index (χ0n) is 11.9. The first-order valence-corrected chi connectivity index (χ1v) is 7.65. The molecule has 0 aliphatic carbocycles. The van der Waals surface area contributed by atoms with Crippen LogP contribution in [-0.2, 0) is 6.42 Å². The van der Waals surface area contributed by atoms with Crippen molar-refractivity contribution in [2.75, 3.05) is 6.61 Å². The molecule has 2 rings (SSSR count). The predicted octanol–water partition coefficient (Wildman–Crippen LogP) is 4.27. The zero-order valence-corrected chi connectivity index (χ0v) is 13.4. The number of hydrogen-bond acceptors (Lipinski definition) is 2. The molecule has 1 N–H and O–H groups in total. The van der Waals surface area contributed by atoms with Gasteiger partial charge in [-0.3, -0.25) is 0 Å². The number of hydrogen-bond donors (Lipinski definition) is 1. The van der Waals surface area contributed by atoms with Crippen LogP contribution >= 0.6 is 15.9 Å². The molecule has 2 aromatic carbocycles. The second-order valence-electron chi connectivity index (χ2n) is 5.09. The van der Waals surface area contributed by atoms with Crippen molar-refractivity contribution in [1.29, 1.82) is 0 Å². The Hall–Kier alpha value is -1.39. The maximum Gasteiger partial charge on any atom is 0.124 e. The lowest BCUT2D eigenvalue weighted by Gasteiger charge is -2.12. The first kappa shape index (κ1) is 16.0. The molecule has 0 spiro atoms. The third-order valence-corrected chi connectivity index (χ3v) is 3.56. The van der Waals surface area contributed by atoms with E-state index in [4.69, 9.17) is 4.74 Å². The van der Waals surface area contributed by atoms with E-state index in [1.54, 1.807) is 0 Å². The summed E-state index contributed by atoms with van der Waals surface area (Å²) in [4.78, 5) is 0. The van der Waals surface area contributed by atoms with Gasteiger partial charge >= 0.3 is 0 Å². The van der Waals surface area contributed by atoms with Gasteiger partial charge in [-0.25, -0.2) is 4.39 Å². The number of benzene rings is 2. The molecule has 0 amide bonds. The third-order valence-electron chi connectivity index (χ3n) is 3.10. The van der Waals surface area contributed by atoms with E-state index in [1.807, 2.05) is 37.3 Å². The Morgan fingerprint density at radius 3 is 2.76 bits per heavy atom. The number of halogens is 2. The molecule has 0 saturated heterocycles.